The number of piperidine rings is 2. The molecule has 0 bridgehead atoms. The molecular weight excluding hydrogens is 388 g/mol. The molecule has 0 saturated carbocycles. The van der Waals surface area contributed by atoms with Crippen LogP contribution in [-0.4, -0.2) is 73.0 Å². The summed E-state index contributed by atoms with van der Waals surface area (Å²) in [5.41, 5.74) is 1.25. The van der Waals surface area contributed by atoms with Gasteiger partial charge in [-0.15, -0.1) is 0 Å². The Labute approximate surface area is 173 Å². The van der Waals surface area contributed by atoms with Crippen molar-refractivity contribution in [2.24, 2.45) is 0 Å². The highest BCUT2D eigenvalue weighted by Gasteiger charge is 2.45. The third kappa shape index (κ3) is 3.09. The summed E-state index contributed by atoms with van der Waals surface area (Å²) in [6.07, 6.45) is 2.23. The summed E-state index contributed by atoms with van der Waals surface area (Å²) in [5, 5.41) is 5.62. The third-order valence-corrected chi connectivity index (χ3v) is 6.46. The van der Waals surface area contributed by atoms with Gasteiger partial charge in [0.2, 0.25) is 11.8 Å². The van der Waals surface area contributed by atoms with E-state index >= 15 is 0 Å². The molecule has 0 aromatic heterocycles. The van der Waals surface area contributed by atoms with Crippen molar-refractivity contribution < 1.29 is 23.9 Å². The summed E-state index contributed by atoms with van der Waals surface area (Å²) < 4.78 is 6.10. The van der Waals surface area contributed by atoms with Gasteiger partial charge in [0.25, 0.3) is 11.8 Å². The minimum absolute atomic E-state index is 0.110. The van der Waals surface area contributed by atoms with Gasteiger partial charge in [-0.05, 0) is 37.5 Å². The fourth-order valence-corrected chi connectivity index (χ4v) is 4.94. The van der Waals surface area contributed by atoms with Gasteiger partial charge in [0.1, 0.15) is 6.04 Å². The van der Waals surface area contributed by atoms with Gasteiger partial charge in [0.05, 0.1) is 23.3 Å². The average molecular weight is 412 g/mol. The van der Waals surface area contributed by atoms with Crippen molar-refractivity contribution in [2.45, 2.75) is 37.3 Å². The minimum Gasteiger partial charge on any atom is -0.371 e. The fourth-order valence-electron chi connectivity index (χ4n) is 4.94. The predicted octanol–water partition coefficient (Wildman–Crippen LogP) is 0.0466. The van der Waals surface area contributed by atoms with Crippen molar-refractivity contribution in [3.63, 3.8) is 0 Å². The molecule has 4 heterocycles. The first-order valence-corrected chi connectivity index (χ1v) is 10.4. The first-order chi connectivity index (χ1) is 14.5. The number of carbonyl (C=O) groups is 4. The van der Waals surface area contributed by atoms with Crippen LogP contribution in [0.15, 0.2) is 18.2 Å². The Bertz CT molecular complexity index is 934. The van der Waals surface area contributed by atoms with E-state index < -0.39 is 23.8 Å². The number of fused-ring (bicyclic) bond motifs is 1. The Hall–Kier alpha value is -2.78. The van der Waals surface area contributed by atoms with E-state index in [-0.39, 0.29) is 24.3 Å². The SMILES string of the molecule is O=C1CCC(N2C(=O)c3ccc(N4CCCC5(CNCCO5)C4)cc3C2=O)C(=O)N1. The van der Waals surface area contributed by atoms with Gasteiger partial charge in [-0.2, -0.15) is 0 Å². The molecule has 158 valence electrons. The number of carbonyl (C=O) groups excluding carboxylic acids is 4. The van der Waals surface area contributed by atoms with Crippen LogP contribution in [0.5, 0.6) is 0 Å². The third-order valence-electron chi connectivity index (χ3n) is 6.46. The van der Waals surface area contributed by atoms with Crippen molar-refractivity contribution in [2.75, 3.05) is 37.7 Å². The molecule has 4 amide bonds. The van der Waals surface area contributed by atoms with Crippen molar-refractivity contribution in [1.82, 2.24) is 15.5 Å². The first-order valence-electron chi connectivity index (χ1n) is 10.4. The van der Waals surface area contributed by atoms with Gasteiger partial charge in [-0.25, -0.2) is 0 Å². The lowest BCUT2D eigenvalue weighted by atomic mass is 9.91. The molecule has 5 rings (SSSR count). The van der Waals surface area contributed by atoms with Gasteiger partial charge in [0, 0.05) is 38.3 Å². The highest BCUT2D eigenvalue weighted by Crippen LogP contribution is 2.34. The maximum Gasteiger partial charge on any atom is 0.262 e. The second kappa shape index (κ2) is 7.17. The molecule has 1 aromatic rings. The number of amides is 4. The highest BCUT2D eigenvalue weighted by molar-refractivity contribution is 6.23. The van der Waals surface area contributed by atoms with Crippen LogP contribution in [0.2, 0.25) is 0 Å². The number of anilines is 1. The number of nitrogens with zero attached hydrogens (tertiary/aromatic N) is 2. The highest BCUT2D eigenvalue weighted by atomic mass is 16.5. The molecule has 1 aromatic carbocycles. The Morgan fingerprint density at radius 1 is 1.10 bits per heavy atom. The largest absolute Gasteiger partial charge is 0.371 e. The number of rotatable bonds is 2. The molecule has 3 saturated heterocycles. The molecule has 9 nitrogen and oxygen atoms in total. The Morgan fingerprint density at radius 3 is 2.70 bits per heavy atom. The molecule has 0 radical (unpaired) electrons. The number of hydrogen-bond donors (Lipinski definition) is 2. The second-order valence-electron chi connectivity index (χ2n) is 8.41. The normalized spacial score (nSPS) is 29.4. The molecule has 2 atom stereocenters. The van der Waals surface area contributed by atoms with Crippen LogP contribution in [0, 0.1) is 0 Å². The van der Waals surface area contributed by atoms with Crippen LogP contribution in [0.1, 0.15) is 46.4 Å². The zero-order chi connectivity index (χ0) is 20.9. The van der Waals surface area contributed by atoms with Crippen LogP contribution in [0.3, 0.4) is 0 Å². The van der Waals surface area contributed by atoms with Crippen LogP contribution >= 0.6 is 0 Å². The molecule has 3 fully saturated rings. The molecule has 2 N–H and O–H groups in total. The maximum absolute atomic E-state index is 13.1. The summed E-state index contributed by atoms with van der Waals surface area (Å²) in [6, 6.07) is 4.32. The topological polar surface area (TPSA) is 108 Å². The van der Waals surface area contributed by atoms with Crippen molar-refractivity contribution in [3.8, 4) is 0 Å². The summed E-state index contributed by atoms with van der Waals surface area (Å²) in [7, 11) is 0. The van der Waals surface area contributed by atoms with Crippen molar-refractivity contribution in [1.29, 1.82) is 0 Å². The van der Waals surface area contributed by atoms with E-state index in [1.165, 1.54) is 0 Å². The average Bonchev–Trinajstić information content (AvgIpc) is 2.99. The number of hydrogen-bond acceptors (Lipinski definition) is 7. The molecule has 4 aliphatic rings. The van der Waals surface area contributed by atoms with Crippen LogP contribution in [0.4, 0.5) is 5.69 Å². The number of benzene rings is 1. The molecular formula is C21H24N4O5. The lowest BCUT2D eigenvalue weighted by molar-refractivity contribution is -0.136. The number of imide groups is 2. The fraction of sp³-hybridized carbons (Fsp3) is 0.524. The summed E-state index contributed by atoms with van der Waals surface area (Å²) in [4.78, 5) is 52.7. The van der Waals surface area contributed by atoms with Crippen LogP contribution in [0.25, 0.3) is 0 Å². The van der Waals surface area contributed by atoms with Crippen molar-refractivity contribution in [3.05, 3.63) is 29.3 Å². The van der Waals surface area contributed by atoms with E-state index in [4.69, 9.17) is 4.74 Å². The zero-order valence-corrected chi connectivity index (χ0v) is 16.6. The van der Waals surface area contributed by atoms with Gasteiger partial charge >= 0.3 is 0 Å². The van der Waals surface area contributed by atoms with E-state index in [0.717, 1.165) is 49.6 Å². The molecule has 2 unspecified atom stereocenters. The molecule has 0 aliphatic carbocycles. The molecule has 9 heteroatoms. The molecule has 4 aliphatic heterocycles. The molecule has 30 heavy (non-hydrogen) atoms. The van der Waals surface area contributed by atoms with Crippen LogP contribution < -0.4 is 15.5 Å². The standard InChI is InChI=1S/C21H24N4O5/c26-17-5-4-16(18(27)23-17)25-19(28)14-3-2-13(10-15(14)20(25)29)24-8-1-6-21(12-24)11-22-7-9-30-21/h2-3,10,16,22H,1,4-9,11-12H2,(H,23,26,27). The molecule has 1 spiro atoms. The number of nitrogens with one attached hydrogen (secondary N) is 2. The summed E-state index contributed by atoms with van der Waals surface area (Å²) in [5.74, 6) is -1.94. The maximum atomic E-state index is 13.1. The minimum atomic E-state index is -0.946. The smallest absolute Gasteiger partial charge is 0.262 e. The Morgan fingerprint density at radius 2 is 1.93 bits per heavy atom. The summed E-state index contributed by atoms with van der Waals surface area (Å²) >= 11 is 0. The van der Waals surface area contributed by atoms with E-state index in [0.29, 0.717) is 17.7 Å². The number of morpholine rings is 1. The predicted molar refractivity (Wildman–Crippen MR) is 106 cm³/mol. The Kier molecular flexibility index (Phi) is 4.59. The van der Waals surface area contributed by atoms with E-state index in [1.54, 1.807) is 12.1 Å². The van der Waals surface area contributed by atoms with Gasteiger partial charge in [0.15, 0.2) is 0 Å². The van der Waals surface area contributed by atoms with Gasteiger partial charge < -0.3 is 15.0 Å². The van der Waals surface area contributed by atoms with Crippen LogP contribution in [-0.2, 0) is 14.3 Å². The van der Waals surface area contributed by atoms with Gasteiger partial charge in [-0.1, -0.05) is 0 Å². The quantitative estimate of drug-likeness (QED) is 0.661. The summed E-state index contributed by atoms with van der Waals surface area (Å²) in [6.45, 7) is 3.91. The lowest BCUT2D eigenvalue weighted by Crippen LogP contribution is -2.58. The van der Waals surface area contributed by atoms with E-state index in [1.807, 2.05) is 6.07 Å². The second-order valence-corrected chi connectivity index (χ2v) is 8.41. The monoisotopic (exact) mass is 412 g/mol. The van der Waals surface area contributed by atoms with E-state index in [2.05, 4.69) is 15.5 Å². The van der Waals surface area contributed by atoms with E-state index in [9.17, 15) is 19.2 Å². The number of ether oxygens (including phenoxy) is 1. The van der Waals surface area contributed by atoms with Gasteiger partial charge in [-0.3, -0.25) is 29.4 Å². The zero-order valence-electron chi connectivity index (χ0n) is 16.6. The Balaban J connectivity index is 1.40. The lowest BCUT2D eigenvalue weighted by Gasteiger charge is -2.45. The van der Waals surface area contributed by atoms with Crippen molar-refractivity contribution >= 4 is 29.3 Å². The first kappa shape index (κ1) is 19.2.